The zero-order valence-electron chi connectivity index (χ0n) is 28.6. The third-order valence-corrected chi connectivity index (χ3v) is 9.77. The summed E-state index contributed by atoms with van der Waals surface area (Å²) in [5, 5.41) is 1.11. The molecule has 0 spiro atoms. The van der Waals surface area contributed by atoms with Gasteiger partial charge in [-0.2, -0.15) is 0 Å². The second-order valence-electron chi connectivity index (χ2n) is 12.3. The molecule has 5 nitrogen and oxygen atoms in total. The zero-order chi connectivity index (χ0) is 34.2. The Kier molecular flexibility index (Phi) is 12.7. The van der Waals surface area contributed by atoms with Gasteiger partial charge in [-0.15, -0.1) is 0 Å². The van der Waals surface area contributed by atoms with Gasteiger partial charge < -0.3 is 16.5 Å². The number of nitrogens with two attached hydrogens (primary N) is 2. The van der Waals surface area contributed by atoms with Crippen molar-refractivity contribution in [2.75, 3.05) is 6.54 Å². The molecule has 0 aliphatic heterocycles. The molecule has 1 aliphatic rings. The van der Waals surface area contributed by atoms with Crippen LogP contribution in [0.1, 0.15) is 90.3 Å². The van der Waals surface area contributed by atoms with Crippen molar-refractivity contribution in [2.45, 2.75) is 79.1 Å². The molecule has 1 fully saturated rings. The number of aromatic amines is 1. The molecule has 2 aromatic heterocycles. The fourth-order valence-corrected chi connectivity index (χ4v) is 6.62. The van der Waals surface area contributed by atoms with Gasteiger partial charge in [0, 0.05) is 17.2 Å². The highest BCUT2D eigenvalue weighted by Gasteiger charge is 2.26. The van der Waals surface area contributed by atoms with Crippen molar-refractivity contribution >= 4 is 34.2 Å². The maximum absolute atomic E-state index is 6.86. The fourth-order valence-electron chi connectivity index (χ4n) is 6.16. The number of halogens is 2. The first-order valence-electron chi connectivity index (χ1n) is 16.7. The minimum absolute atomic E-state index is 0.0317. The molecular weight excluding hydrogens is 621 g/mol. The first-order chi connectivity index (χ1) is 22.6. The fraction of sp³-hybridized carbons (Fsp3) is 0.350. The van der Waals surface area contributed by atoms with E-state index in [0.29, 0.717) is 16.6 Å². The summed E-state index contributed by atoms with van der Waals surface area (Å²) in [6, 6.07) is 21.7. The number of imidazole rings is 1. The van der Waals surface area contributed by atoms with E-state index in [1.54, 1.807) is 0 Å². The number of aryl methyl sites for hydroxylation is 2. The van der Waals surface area contributed by atoms with Gasteiger partial charge >= 0.3 is 0 Å². The Balaban J connectivity index is 0.000000947. The Labute approximate surface area is 290 Å². The molecule has 3 aromatic carbocycles. The van der Waals surface area contributed by atoms with Crippen molar-refractivity contribution in [3.63, 3.8) is 0 Å². The van der Waals surface area contributed by atoms with E-state index >= 15 is 0 Å². The van der Waals surface area contributed by atoms with Crippen LogP contribution >= 0.6 is 23.2 Å². The molecule has 2 unspecified atom stereocenters. The van der Waals surface area contributed by atoms with Gasteiger partial charge in [-0.25, -0.2) is 4.98 Å². The Hall–Kier alpha value is -3.64. The van der Waals surface area contributed by atoms with E-state index in [2.05, 4.69) is 79.7 Å². The summed E-state index contributed by atoms with van der Waals surface area (Å²) in [5.41, 5.74) is 22.9. The summed E-state index contributed by atoms with van der Waals surface area (Å²) in [6.07, 6.45) is 5.77. The molecule has 5 aromatic rings. The summed E-state index contributed by atoms with van der Waals surface area (Å²) in [6.45, 7) is 16.0. The van der Waals surface area contributed by atoms with Crippen LogP contribution in [0.15, 0.2) is 73.4 Å². The van der Waals surface area contributed by atoms with Gasteiger partial charge in [0.05, 0.1) is 26.8 Å². The minimum Gasteiger partial charge on any atom is -0.405 e. The molecule has 0 bridgehead atoms. The average molecular weight is 671 g/mol. The lowest BCUT2D eigenvalue weighted by Gasteiger charge is -2.24. The van der Waals surface area contributed by atoms with Crippen molar-refractivity contribution in [2.24, 2.45) is 17.4 Å². The standard InChI is InChI=1S/C36H38Cl2N4.C2H5N.C2H6/c1-20-10-13-28(34(38)33(20)37)35-22(3)29(21(2)19-39)18-31(42-35)30(26-8-6-5-7-9-26)16-25-15-27(14-24-11-12-24)36-32(17-25)40-23(4)41-36;1-2-3;1-2/h5-10,13,15,17-18,21,24,30H,11-12,14,16,19,39H2,1-4H3,(H,40,41);2H,1,3H2;1-2H3. The van der Waals surface area contributed by atoms with Gasteiger partial charge in [0.25, 0.3) is 0 Å². The second-order valence-corrected chi connectivity index (χ2v) is 13.1. The summed E-state index contributed by atoms with van der Waals surface area (Å²) in [4.78, 5) is 13.7. The monoisotopic (exact) mass is 669 g/mol. The molecule has 2 heterocycles. The van der Waals surface area contributed by atoms with Crippen molar-refractivity contribution in [1.29, 1.82) is 0 Å². The number of nitrogens with zero attached hydrogens (tertiary/aromatic N) is 2. The number of rotatable bonds is 9. The highest BCUT2D eigenvalue weighted by atomic mass is 35.5. The molecule has 0 saturated heterocycles. The van der Waals surface area contributed by atoms with Crippen LogP contribution in [0.2, 0.25) is 10.0 Å². The summed E-state index contributed by atoms with van der Waals surface area (Å²) >= 11 is 13.5. The number of hydrogen-bond donors (Lipinski definition) is 3. The second kappa shape index (κ2) is 16.5. The molecule has 248 valence electrons. The number of pyridine rings is 1. The Bertz CT molecular complexity index is 1810. The van der Waals surface area contributed by atoms with Crippen LogP contribution in [0.5, 0.6) is 0 Å². The molecule has 1 saturated carbocycles. The Morgan fingerprint density at radius 1 is 0.979 bits per heavy atom. The lowest BCUT2D eigenvalue weighted by molar-refractivity contribution is 0.738. The lowest BCUT2D eigenvalue weighted by Crippen LogP contribution is -2.15. The molecular formula is C40H49Cl2N5. The smallest absolute Gasteiger partial charge is 0.104 e. The van der Waals surface area contributed by atoms with Gasteiger partial charge in [0.1, 0.15) is 5.82 Å². The van der Waals surface area contributed by atoms with Crippen LogP contribution in [0.3, 0.4) is 0 Å². The van der Waals surface area contributed by atoms with E-state index in [-0.39, 0.29) is 11.8 Å². The average Bonchev–Trinajstić information content (AvgIpc) is 3.81. The maximum Gasteiger partial charge on any atom is 0.104 e. The van der Waals surface area contributed by atoms with Crippen LogP contribution in [0.25, 0.3) is 22.3 Å². The Morgan fingerprint density at radius 2 is 1.66 bits per heavy atom. The largest absolute Gasteiger partial charge is 0.405 e. The Morgan fingerprint density at radius 3 is 2.30 bits per heavy atom. The molecule has 0 radical (unpaired) electrons. The van der Waals surface area contributed by atoms with Crippen LogP contribution < -0.4 is 11.5 Å². The highest BCUT2D eigenvalue weighted by molar-refractivity contribution is 6.44. The van der Waals surface area contributed by atoms with E-state index in [9.17, 15) is 0 Å². The molecule has 6 rings (SSSR count). The number of fused-ring (bicyclic) bond motifs is 1. The van der Waals surface area contributed by atoms with Gasteiger partial charge in [0.15, 0.2) is 0 Å². The topological polar surface area (TPSA) is 93.6 Å². The molecule has 1 aliphatic carbocycles. The van der Waals surface area contributed by atoms with Crippen LogP contribution in [-0.2, 0) is 12.8 Å². The SMILES string of the molecule is C=CN.CC.Cc1nc2c(CC3CC3)cc(CC(c3ccccc3)c3cc(C(C)CN)c(C)c(-c4ccc(C)c(Cl)c4Cl)n3)cc2[nH]1. The third kappa shape index (κ3) is 8.45. The highest BCUT2D eigenvalue weighted by Crippen LogP contribution is 2.41. The number of benzene rings is 3. The van der Waals surface area contributed by atoms with Crippen LogP contribution in [0.4, 0.5) is 0 Å². The summed E-state index contributed by atoms with van der Waals surface area (Å²) in [5.74, 6) is 1.93. The van der Waals surface area contributed by atoms with Crippen molar-refractivity contribution in [3.8, 4) is 11.3 Å². The number of H-pyrrole nitrogens is 1. The summed E-state index contributed by atoms with van der Waals surface area (Å²) in [7, 11) is 0. The minimum atomic E-state index is 0.0317. The van der Waals surface area contributed by atoms with Crippen molar-refractivity contribution < 1.29 is 0 Å². The lowest BCUT2D eigenvalue weighted by atomic mass is 9.84. The van der Waals surface area contributed by atoms with Gasteiger partial charge in [-0.1, -0.05) is 99.1 Å². The number of nitrogens with one attached hydrogen (secondary N) is 1. The molecule has 47 heavy (non-hydrogen) atoms. The van der Waals surface area contributed by atoms with E-state index in [1.807, 2.05) is 39.8 Å². The quantitative estimate of drug-likeness (QED) is 0.146. The van der Waals surface area contributed by atoms with E-state index in [0.717, 1.165) is 63.7 Å². The van der Waals surface area contributed by atoms with E-state index in [4.69, 9.17) is 38.9 Å². The molecule has 0 amide bonds. The number of hydrogen-bond acceptors (Lipinski definition) is 4. The first kappa shape index (κ1) is 36.2. The molecule has 2 atom stereocenters. The van der Waals surface area contributed by atoms with E-state index < -0.39 is 0 Å². The van der Waals surface area contributed by atoms with Gasteiger partial charge in [-0.3, -0.25) is 4.98 Å². The van der Waals surface area contributed by atoms with Gasteiger partial charge in [-0.05, 0) is 117 Å². The van der Waals surface area contributed by atoms with Crippen molar-refractivity contribution in [3.05, 3.63) is 128 Å². The molecule has 7 heteroatoms. The van der Waals surface area contributed by atoms with Crippen molar-refractivity contribution in [1.82, 2.24) is 15.0 Å². The predicted molar refractivity (Wildman–Crippen MR) is 202 cm³/mol. The maximum atomic E-state index is 6.86. The predicted octanol–water partition coefficient (Wildman–Crippen LogP) is 10.4. The zero-order valence-corrected chi connectivity index (χ0v) is 30.1. The molecule has 5 N–H and O–H groups in total. The normalized spacial score (nSPS) is 13.6. The summed E-state index contributed by atoms with van der Waals surface area (Å²) < 4.78 is 0. The first-order valence-corrected chi connectivity index (χ1v) is 17.4. The van der Waals surface area contributed by atoms with Gasteiger partial charge in [0.2, 0.25) is 0 Å². The van der Waals surface area contributed by atoms with E-state index in [1.165, 1.54) is 41.3 Å². The third-order valence-electron chi connectivity index (χ3n) is 8.80. The van der Waals surface area contributed by atoms with Crippen LogP contribution in [0, 0.1) is 26.7 Å². The van der Waals surface area contributed by atoms with Crippen LogP contribution in [-0.4, -0.2) is 21.5 Å². The number of aromatic nitrogens is 3.